The fourth-order valence-electron chi connectivity index (χ4n) is 2.39. The van der Waals surface area contributed by atoms with E-state index >= 15 is 0 Å². The van der Waals surface area contributed by atoms with E-state index in [-0.39, 0.29) is 6.04 Å². The predicted molar refractivity (Wildman–Crippen MR) is 82.9 cm³/mol. The quantitative estimate of drug-likeness (QED) is 0.851. The summed E-state index contributed by atoms with van der Waals surface area (Å²) in [5.74, 6) is 1.68. The third kappa shape index (κ3) is 3.55. The van der Waals surface area contributed by atoms with Crippen LogP contribution in [0.2, 0.25) is 0 Å². The van der Waals surface area contributed by atoms with E-state index in [1.54, 1.807) is 14.2 Å². The largest absolute Gasteiger partial charge is 0.497 e. The lowest BCUT2D eigenvalue weighted by molar-refractivity contribution is 0.377. The lowest BCUT2D eigenvalue weighted by Crippen LogP contribution is -2.26. The molecule has 0 fully saturated rings. The highest BCUT2D eigenvalue weighted by molar-refractivity contribution is 5.42. The van der Waals surface area contributed by atoms with Crippen molar-refractivity contribution >= 4 is 0 Å². The molecular formula is C16H23N3O2. The van der Waals surface area contributed by atoms with E-state index in [2.05, 4.69) is 24.3 Å². The van der Waals surface area contributed by atoms with Crippen LogP contribution >= 0.6 is 0 Å². The molecule has 1 N–H and O–H groups in total. The van der Waals surface area contributed by atoms with Crippen LogP contribution < -0.4 is 14.8 Å². The molecule has 1 aromatic carbocycles. The van der Waals surface area contributed by atoms with Crippen LogP contribution in [0.5, 0.6) is 11.5 Å². The van der Waals surface area contributed by atoms with Gasteiger partial charge in [-0.3, -0.25) is 4.68 Å². The predicted octanol–water partition coefficient (Wildman–Crippen LogP) is 2.56. The van der Waals surface area contributed by atoms with Crippen molar-refractivity contribution in [3.8, 4) is 11.5 Å². The highest BCUT2D eigenvalue weighted by Gasteiger charge is 2.18. The van der Waals surface area contributed by atoms with E-state index in [9.17, 15) is 0 Å². The fraction of sp³-hybridized carbons (Fsp3) is 0.438. The first-order valence-corrected chi connectivity index (χ1v) is 7.13. The second kappa shape index (κ2) is 7.13. The van der Waals surface area contributed by atoms with Crippen molar-refractivity contribution in [1.29, 1.82) is 0 Å². The minimum absolute atomic E-state index is 0.110. The number of nitrogens with zero attached hydrogens (tertiary/aromatic N) is 2. The van der Waals surface area contributed by atoms with Crippen LogP contribution in [0.1, 0.15) is 24.2 Å². The van der Waals surface area contributed by atoms with E-state index in [0.29, 0.717) is 0 Å². The van der Waals surface area contributed by atoms with Gasteiger partial charge >= 0.3 is 0 Å². The standard InChI is InChI=1S/C16H23N3O2/c1-5-17-15(11-19-12(2)8-9-18-19)14-10-13(20-3)6-7-16(14)21-4/h6-10,15,17H,5,11H2,1-4H3. The summed E-state index contributed by atoms with van der Waals surface area (Å²) >= 11 is 0. The van der Waals surface area contributed by atoms with Crippen LogP contribution in [-0.4, -0.2) is 30.5 Å². The summed E-state index contributed by atoms with van der Waals surface area (Å²) < 4.78 is 12.8. The molecule has 2 rings (SSSR count). The molecule has 0 bridgehead atoms. The Morgan fingerprint density at radius 3 is 2.62 bits per heavy atom. The Kier molecular flexibility index (Phi) is 5.22. The number of aryl methyl sites for hydroxylation is 1. The zero-order chi connectivity index (χ0) is 15.2. The van der Waals surface area contributed by atoms with Crippen LogP contribution in [0, 0.1) is 6.92 Å². The second-order valence-electron chi connectivity index (χ2n) is 4.87. The van der Waals surface area contributed by atoms with Gasteiger partial charge in [-0.1, -0.05) is 6.92 Å². The van der Waals surface area contributed by atoms with Gasteiger partial charge in [-0.05, 0) is 37.7 Å². The lowest BCUT2D eigenvalue weighted by Gasteiger charge is -2.22. The molecule has 1 aromatic heterocycles. The molecule has 5 heteroatoms. The number of likely N-dealkylation sites (N-methyl/N-ethyl adjacent to an activating group) is 1. The second-order valence-corrected chi connectivity index (χ2v) is 4.87. The number of ether oxygens (including phenoxy) is 2. The molecule has 114 valence electrons. The average Bonchev–Trinajstić information content (AvgIpc) is 2.91. The third-order valence-electron chi connectivity index (χ3n) is 3.55. The minimum Gasteiger partial charge on any atom is -0.497 e. The number of benzene rings is 1. The van der Waals surface area contributed by atoms with E-state index in [0.717, 1.165) is 35.8 Å². The molecule has 21 heavy (non-hydrogen) atoms. The summed E-state index contributed by atoms with van der Waals surface area (Å²) in [6.07, 6.45) is 1.82. The molecule has 0 aliphatic carbocycles. The van der Waals surface area contributed by atoms with E-state index in [4.69, 9.17) is 9.47 Å². The topological polar surface area (TPSA) is 48.3 Å². The van der Waals surface area contributed by atoms with Gasteiger partial charge in [0.15, 0.2) is 0 Å². The van der Waals surface area contributed by atoms with Crippen molar-refractivity contribution in [2.24, 2.45) is 0 Å². The van der Waals surface area contributed by atoms with E-state index in [1.165, 1.54) is 0 Å². The van der Waals surface area contributed by atoms with Crippen molar-refractivity contribution in [3.05, 3.63) is 41.7 Å². The van der Waals surface area contributed by atoms with Gasteiger partial charge in [0.1, 0.15) is 11.5 Å². The first-order valence-electron chi connectivity index (χ1n) is 7.13. The van der Waals surface area contributed by atoms with Crippen molar-refractivity contribution in [1.82, 2.24) is 15.1 Å². The van der Waals surface area contributed by atoms with Gasteiger partial charge in [-0.25, -0.2) is 0 Å². The highest BCUT2D eigenvalue weighted by atomic mass is 16.5. The van der Waals surface area contributed by atoms with Crippen molar-refractivity contribution in [2.75, 3.05) is 20.8 Å². The zero-order valence-corrected chi connectivity index (χ0v) is 13.1. The molecule has 0 aliphatic rings. The molecule has 0 aliphatic heterocycles. The highest BCUT2D eigenvalue weighted by Crippen LogP contribution is 2.30. The molecule has 2 aromatic rings. The van der Waals surface area contributed by atoms with Gasteiger partial charge in [0.05, 0.1) is 26.8 Å². The van der Waals surface area contributed by atoms with Crippen LogP contribution in [-0.2, 0) is 6.54 Å². The number of hydrogen-bond donors (Lipinski definition) is 1. The van der Waals surface area contributed by atoms with Gasteiger partial charge < -0.3 is 14.8 Å². The Labute approximate surface area is 125 Å². The monoisotopic (exact) mass is 289 g/mol. The van der Waals surface area contributed by atoms with Crippen molar-refractivity contribution in [2.45, 2.75) is 26.4 Å². The third-order valence-corrected chi connectivity index (χ3v) is 3.55. The Balaban J connectivity index is 2.34. The van der Waals surface area contributed by atoms with Crippen LogP contribution in [0.3, 0.4) is 0 Å². The zero-order valence-electron chi connectivity index (χ0n) is 13.1. The maximum atomic E-state index is 5.50. The SMILES string of the molecule is CCNC(Cn1nccc1C)c1cc(OC)ccc1OC. The number of rotatable bonds is 7. The Morgan fingerprint density at radius 1 is 1.24 bits per heavy atom. The van der Waals surface area contributed by atoms with Gasteiger partial charge in [-0.2, -0.15) is 5.10 Å². The molecule has 0 saturated heterocycles. The van der Waals surface area contributed by atoms with Gasteiger partial charge in [0, 0.05) is 17.5 Å². The lowest BCUT2D eigenvalue weighted by atomic mass is 10.0. The first-order chi connectivity index (χ1) is 10.2. The van der Waals surface area contributed by atoms with Crippen LogP contribution in [0.25, 0.3) is 0 Å². The van der Waals surface area contributed by atoms with E-state index in [1.807, 2.05) is 35.1 Å². The molecule has 1 heterocycles. The van der Waals surface area contributed by atoms with Crippen LogP contribution in [0.4, 0.5) is 0 Å². The number of nitrogens with one attached hydrogen (secondary N) is 1. The van der Waals surface area contributed by atoms with E-state index < -0.39 is 0 Å². The Hall–Kier alpha value is -2.01. The van der Waals surface area contributed by atoms with Crippen molar-refractivity contribution < 1.29 is 9.47 Å². The molecule has 0 spiro atoms. The summed E-state index contributed by atoms with van der Waals surface area (Å²) in [5.41, 5.74) is 2.22. The molecule has 5 nitrogen and oxygen atoms in total. The molecule has 0 radical (unpaired) electrons. The number of methoxy groups -OCH3 is 2. The van der Waals surface area contributed by atoms with Gasteiger partial charge in [0.25, 0.3) is 0 Å². The van der Waals surface area contributed by atoms with Crippen LogP contribution in [0.15, 0.2) is 30.5 Å². The average molecular weight is 289 g/mol. The summed E-state index contributed by atoms with van der Waals surface area (Å²) in [5, 5.41) is 7.86. The fourth-order valence-corrected chi connectivity index (χ4v) is 2.39. The Morgan fingerprint density at radius 2 is 2.05 bits per heavy atom. The molecule has 0 amide bonds. The summed E-state index contributed by atoms with van der Waals surface area (Å²) in [7, 11) is 3.36. The molecular weight excluding hydrogens is 266 g/mol. The number of hydrogen-bond acceptors (Lipinski definition) is 4. The van der Waals surface area contributed by atoms with Crippen molar-refractivity contribution in [3.63, 3.8) is 0 Å². The van der Waals surface area contributed by atoms with Gasteiger partial charge in [-0.15, -0.1) is 0 Å². The molecule has 1 unspecified atom stereocenters. The number of aromatic nitrogens is 2. The van der Waals surface area contributed by atoms with Gasteiger partial charge in [0.2, 0.25) is 0 Å². The summed E-state index contributed by atoms with van der Waals surface area (Å²) in [6, 6.07) is 7.98. The first kappa shape index (κ1) is 15.4. The maximum Gasteiger partial charge on any atom is 0.123 e. The summed E-state index contributed by atoms with van der Waals surface area (Å²) in [4.78, 5) is 0. The summed E-state index contributed by atoms with van der Waals surface area (Å²) in [6.45, 7) is 5.76. The smallest absolute Gasteiger partial charge is 0.123 e. The molecule has 1 atom stereocenters. The minimum atomic E-state index is 0.110. The maximum absolute atomic E-state index is 5.50. The Bertz CT molecular complexity index is 581. The normalized spacial score (nSPS) is 12.2. The molecule has 0 saturated carbocycles.